The van der Waals surface area contributed by atoms with E-state index in [4.69, 9.17) is 31.9 Å². The number of benzene rings is 1. The van der Waals surface area contributed by atoms with Crippen molar-refractivity contribution in [3.05, 3.63) is 47.0 Å². The molecular weight excluding hydrogens is 532 g/mol. The van der Waals surface area contributed by atoms with Gasteiger partial charge in [0.1, 0.15) is 23.9 Å². The number of Topliss-reactive ketones (excluding diaryl/α,β-unsaturated/α-hetero) is 1. The summed E-state index contributed by atoms with van der Waals surface area (Å²) in [7, 11) is -6.26. The maximum Gasteiger partial charge on any atom is 0.338 e. The Balaban J connectivity index is 1.88. The number of hydrogen-bond acceptors (Lipinski definition) is 10. The molecule has 0 amide bonds. The quantitative estimate of drug-likeness (QED) is 0.396. The lowest BCUT2D eigenvalue weighted by Crippen LogP contribution is -2.82. The van der Waals surface area contributed by atoms with Crippen LogP contribution in [0.2, 0.25) is 0 Å². The second-order valence-corrected chi connectivity index (χ2v) is 12.4. The number of hydrogen-bond donors (Lipinski definition) is 2. The number of carbonyl (C=O) groups excluding carboxylic acids is 3. The van der Waals surface area contributed by atoms with Crippen LogP contribution < -0.4 is 0 Å². The van der Waals surface area contributed by atoms with Crippen LogP contribution in [0.5, 0.6) is 0 Å². The minimum atomic E-state index is -3.18. The molecular formula is C31H40O10. The number of rotatable bonds is 5. The molecule has 1 heterocycles. The highest BCUT2D eigenvalue weighted by molar-refractivity contribution is 5.94. The van der Waals surface area contributed by atoms with Crippen molar-refractivity contribution >= 4 is 17.7 Å². The van der Waals surface area contributed by atoms with E-state index in [0.29, 0.717) is 0 Å². The average Bonchev–Trinajstić information content (AvgIpc) is 2.93. The smallest absolute Gasteiger partial charge is 0.338 e. The SMILES string of the molecule is [2H]C([2H])([2H])O[C@H]1C(=O)[C@]2(C)[C@@H](OC([2H])([2H])[2H])C[C@H]3OC[C@@]3(OC(C)=O)[C@H]2[C@H](OC(=O)c2ccccc2)[C@]2(O)C[C@H](O)C(C)=C1C2(C)C. The fourth-order valence-electron chi connectivity index (χ4n) is 7.89. The summed E-state index contributed by atoms with van der Waals surface area (Å²) in [6.07, 6.45) is -8.63. The van der Waals surface area contributed by atoms with Crippen LogP contribution in [0.25, 0.3) is 0 Å². The normalized spacial score (nSPS) is 44.0. The molecule has 2 bridgehead atoms. The topological polar surface area (TPSA) is 138 Å². The van der Waals surface area contributed by atoms with Gasteiger partial charge in [0.2, 0.25) is 0 Å². The number of aliphatic hydroxyl groups is 2. The second kappa shape index (κ2) is 9.98. The highest BCUT2D eigenvalue weighted by Crippen LogP contribution is 2.64. The van der Waals surface area contributed by atoms with E-state index < -0.39 is 96.7 Å². The van der Waals surface area contributed by atoms with E-state index in [2.05, 4.69) is 0 Å². The summed E-state index contributed by atoms with van der Waals surface area (Å²) in [5.74, 6) is -4.32. The molecule has 1 saturated heterocycles. The summed E-state index contributed by atoms with van der Waals surface area (Å²) in [4.78, 5) is 41.8. The zero-order valence-electron chi connectivity index (χ0n) is 29.6. The molecule has 1 aromatic carbocycles. The summed E-state index contributed by atoms with van der Waals surface area (Å²) in [5, 5.41) is 24.4. The maximum absolute atomic E-state index is 15.2. The van der Waals surface area contributed by atoms with Gasteiger partial charge in [-0.3, -0.25) is 9.59 Å². The highest BCUT2D eigenvalue weighted by Gasteiger charge is 2.78. The Morgan fingerprint density at radius 1 is 1.12 bits per heavy atom. The first-order valence-electron chi connectivity index (χ1n) is 16.6. The monoisotopic (exact) mass is 578 g/mol. The molecule has 10 heteroatoms. The lowest BCUT2D eigenvalue weighted by Gasteiger charge is -2.67. The standard InChI is InChI=1S/C31H40O10/c1-16-19(33)14-31(36)26(40-27(35)18-11-9-8-10-12-18)24-29(5,25(34)23(38-7)22(16)28(31,3)4)20(37-6)13-21-30(24,15-39-21)41-17(2)32/h8-12,19-21,23-24,26,33,36H,13-15H2,1-7H3/t19-,20-,21+,23+,24-,26-,29+,30-,31+/m0/s1/i6D3,7D3. The molecule has 2 N–H and O–H groups in total. The van der Waals surface area contributed by atoms with E-state index in [1.807, 2.05) is 0 Å². The van der Waals surface area contributed by atoms with Crippen LogP contribution in [-0.2, 0) is 33.3 Å². The molecule has 5 rings (SSSR count). The van der Waals surface area contributed by atoms with Gasteiger partial charge in [0.15, 0.2) is 11.4 Å². The zero-order valence-corrected chi connectivity index (χ0v) is 23.6. The van der Waals surface area contributed by atoms with Crippen molar-refractivity contribution in [2.45, 2.75) is 89.2 Å². The second-order valence-electron chi connectivity index (χ2n) is 12.4. The van der Waals surface area contributed by atoms with E-state index in [0.717, 1.165) is 6.92 Å². The van der Waals surface area contributed by atoms with Crippen LogP contribution in [0.4, 0.5) is 0 Å². The summed E-state index contributed by atoms with van der Waals surface area (Å²) < 4.78 is 76.8. The largest absolute Gasteiger partial charge is 0.455 e. The predicted molar refractivity (Wildman–Crippen MR) is 145 cm³/mol. The Morgan fingerprint density at radius 3 is 2.39 bits per heavy atom. The van der Waals surface area contributed by atoms with Gasteiger partial charge >= 0.3 is 11.9 Å². The zero-order chi connectivity index (χ0) is 35.1. The van der Waals surface area contributed by atoms with Gasteiger partial charge in [0.05, 0.1) is 43.9 Å². The maximum atomic E-state index is 15.2. The number of aliphatic hydroxyl groups excluding tert-OH is 1. The van der Waals surface area contributed by atoms with E-state index in [9.17, 15) is 19.8 Å². The molecule has 0 spiro atoms. The van der Waals surface area contributed by atoms with Gasteiger partial charge in [0.25, 0.3) is 0 Å². The van der Waals surface area contributed by atoms with Gasteiger partial charge in [-0.05, 0) is 37.1 Å². The Labute approximate surface area is 248 Å². The average molecular weight is 579 g/mol. The third kappa shape index (κ3) is 3.98. The van der Waals surface area contributed by atoms with Crippen LogP contribution in [0.1, 0.15) is 66.0 Å². The van der Waals surface area contributed by atoms with Crippen molar-refractivity contribution in [3.63, 3.8) is 0 Å². The number of fused-ring (bicyclic) bond motifs is 5. The molecule has 1 aliphatic heterocycles. The van der Waals surface area contributed by atoms with Crippen molar-refractivity contribution in [1.82, 2.24) is 0 Å². The third-order valence-electron chi connectivity index (χ3n) is 10.2. The van der Waals surface area contributed by atoms with Gasteiger partial charge < -0.3 is 33.9 Å². The Morgan fingerprint density at radius 2 is 1.80 bits per heavy atom. The van der Waals surface area contributed by atoms with Crippen LogP contribution in [0, 0.1) is 16.7 Å². The summed E-state index contributed by atoms with van der Waals surface area (Å²) in [6, 6.07) is 7.78. The van der Waals surface area contributed by atoms with Gasteiger partial charge in [-0.2, -0.15) is 0 Å². The van der Waals surface area contributed by atoms with Gasteiger partial charge in [0, 0.05) is 39.3 Å². The molecule has 41 heavy (non-hydrogen) atoms. The molecule has 0 radical (unpaired) electrons. The molecule has 0 unspecified atom stereocenters. The summed E-state index contributed by atoms with van der Waals surface area (Å²) in [5.41, 5.74) is -7.74. The Kier molecular flexibility index (Phi) is 5.58. The van der Waals surface area contributed by atoms with Crippen molar-refractivity contribution in [2.24, 2.45) is 16.7 Å². The van der Waals surface area contributed by atoms with E-state index in [1.54, 1.807) is 18.2 Å². The summed E-state index contributed by atoms with van der Waals surface area (Å²) >= 11 is 0. The Bertz CT molecular complexity index is 1470. The lowest BCUT2D eigenvalue weighted by molar-refractivity contribution is -0.347. The first-order valence-corrected chi connectivity index (χ1v) is 13.6. The van der Waals surface area contributed by atoms with Crippen molar-refractivity contribution in [3.8, 4) is 0 Å². The highest BCUT2D eigenvalue weighted by atomic mass is 16.6. The number of carbonyl (C=O) groups is 3. The fraction of sp³-hybridized carbons (Fsp3) is 0.645. The van der Waals surface area contributed by atoms with Crippen molar-refractivity contribution in [2.75, 3.05) is 20.7 Å². The van der Waals surface area contributed by atoms with Crippen LogP contribution in [0.3, 0.4) is 0 Å². The molecule has 9 atom stereocenters. The predicted octanol–water partition coefficient (Wildman–Crippen LogP) is 2.39. The minimum absolute atomic E-state index is 0.0681. The molecule has 3 fully saturated rings. The van der Waals surface area contributed by atoms with Crippen molar-refractivity contribution < 1.29 is 56.5 Å². The first-order chi connectivity index (χ1) is 21.5. The van der Waals surface area contributed by atoms with Crippen molar-refractivity contribution in [1.29, 1.82) is 0 Å². The van der Waals surface area contributed by atoms with E-state index in [1.165, 1.54) is 39.8 Å². The third-order valence-corrected chi connectivity index (χ3v) is 10.2. The van der Waals surface area contributed by atoms with E-state index >= 15 is 4.79 Å². The van der Waals surface area contributed by atoms with Gasteiger partial charge in [-0.25, -0.2) is 4.79 Å². The fourth-order valence-corrected chi connectivity index (χ4v) is 7.89. The molecule has 2 saturated carbocycles. The van der Waals surface area contributed by atoms with Gasteiger partial charge in [-0.15, -0.1) is 0 Å². The number of ketones is 1. The van der Waals surface area contributed by atoms with E-state index in [-0.39, 0.29) is 29.7 Å². The first kappa shape index (κ1) is 22.9. The van der Waals surface area contributed by atoms with Crippen LogP contribution in [-0.4, -0.2) is 90.3 Å². The molecule has 3 aliphatic carbocycles. The molecule has 10 nitrogen and oxygen atoms in total. The van der Waals surface area contributed by atoms with Crippen LogP contribution >= 0.6 is 0 Å². The number of esters is 2. The Hall–Kier alpha value is -2.63. The lowest BCUT2D eigenvalue weighted by atomic mass is 9.44. The summed E-state index contributed by atoms with van der Waals surface area (Å²) in [6.45, 7) is 6.61. The van der Waals surface area contributed by atoms with Gasteiger partial charge in [-0.1, -0.05) is 32.0 Å². The molecule has 0 aromatic heterocycles. The number of ether oxygens (including phenoxy) is 5. The molecule has 1 aromatic rings. The molecule has 224 valence electrons. The molecule has 4 aliphatic rings. The number of methoxy groups -OCH3 is 2. The van der Waals surface area contributed by atoms with Crippen LogP contribution in [0.15, 0.2) is 41.5 Å². The minimum Gasteiger partial charge on any atom is -0.455 e.